The normalized spacial score (nSPS) is 14.1. The molecule has 2 aromatic heterocycles. The van der Waals surface area contributed by atoms with Crippen LogP contribution in [0.2, 0.25) is 0 Å². The molecular weight excluding hydrogens is 358 g/mol. The molecule has 2 amide bonds. The molecule has 136 valence electrons. The number of anilines is 1. The molecule has 0 fully saturated rings. The quantitative estimate of drug-likeness (QED) is 0.726. The van der Waals surface area contributed by atoms with Crippen LogP contribution in [0.5, 0.6) is 0 Å². The number of pyridine rings is 1. The maximum Gasteiger partial charge on any atom is 0.255 e. The van der Waals surface area contributed by atoms with Gasteiger partial charge in [-0.3, -0.25) is 9.59 Å². The Labute approximate surface area is 161 Å². The van der Waals surface area contributed by atoms with Gasteiger partial charge in [0, 0.05) is 23.2 Å². The zero-order chi connectivity index (χ0) is 18.8. The van der Waals surface area contributed by atoms with Gasteiger partial charge in [0.1, 0.15) is 5.82 Å². The van der Waals surface area contributed by atoms with Crippen molar-refractivity contribution in [2.24, 2.45) is 0 Å². The topological polar surface area (TPSA) is 62.3 Å². The average Bonchev–Trinajstić information content (AvgIpc) is 3.31. The van der Waals surface area contributed by atoms with E-state index in [0.717, 1.165) is 21.6 Å². The number of amides is 2. The van der Waals surface area contributed by atoms with Gasteiger partial charge >= 0.3 is 0 Å². The van der Waals surface area contributed by atoms with Gasteiger partial charge < -0.3 is 10.2 Å². The van der Waals surface area contributed by atoms with Crippen LogP contribution in [0, 0.1) is 6.92 Å². The van der Waals surface area contributed by atoms with Crippen LogP contribution in [-0.4, -0.2) is 21.7 Å². The van der Waals surface area contributed by atoms with Gasteiger partial charge in [0.2, 0.25) is 5.91 Å². The first-order valence-electron chi connectivity index (χ1n) is 8.77. The monoisotopic (exact) mass is 377 g/mol. The zero-order valence-corrected chi connectivity index (χ0v) is 15.7. The highest BCUT2D eigenvalue weighted by atomic mass is 32.1. The number of hydrogen-bond donors (Lipinski definition) is 1. The summed E-state index contributed by atoms with van der Waals surface area (Å²) in [6, 6.07) is 15.0. The summed E-state index contributed by atoms with van der Waals surface area (Å²) in [6.45, 7) is 2.42. The number of benzene rings is 1. The Bertz CT molecular complexity index is 985. The highest BCUT2D eigenvalue weighted by Crippen LogP contribution is 2.35. The van der Waals surface area contributed by atoms with E-state index < -0.39 is 0 Å². The summed E-state index contributed by atoms with van der Waals surface area (Å²) in [5.41, 5.74) is 2.63. The fraction of sp³-hybridized carbons (Fsp3) is 0.190. The number of fused-ring (bicyclic) bond motifs is 1. The molecule has 4 rings (SSSR count). The van der Waals surface area contributed by atoms with Gasteiger partial charge in [-0.25, -0.2) is 4.98 Å². The van der Waals surface area contributed by atoms with Gasteiger partial charge in [-0.15, -0.1) is 11.3 Å². The Morgan fingerprint density at radius 1 is 1.22 bits per heavy atom. The Hall–Kier alpha value is -2.99. The van der Waals surface area contributed by atoms with E-state index in [1.165, 1.54) is 0 Å². The molecule has 0 bridgehead atoms. The summed E-state index contributed by atoms with van der Waals surface area (Å²) in [5, 5.41) is 4.85. The van der Waals surface area contributed by atoms with Crippen molar-refractivity contribution in [1.29, 1.82) is 0 Å². The lowest BCUT2D eigenvalue weighted by Gasteiger charge is -2.26. The summed E-state index contributed by atoms with van der Waals surface area (Å²) in [5.74, 6) is 0.383. The van der Waals surface area contributed by atoms with Gasteiger partial charge in [0.25, 0.3) is 5.91 Å². The minimum Gasteiger partial charge on any atom is -0.326 e. The Kier molecular flexibility index (Phi) is 4.73. The molecule has 1 aliphatic heterocycles. The van der Waals surface area contributed by atoms with E-state index in [4.69, 9.17) is 0 Å². The molecule has 1 aliphatic rings. The maximum absolute atomic E-state index is 12.9. The largest absolute Gasteiger partial charge is 0.326 e. The molecule has 3 heterocycles. The van der Waals surface area contributed by atoms with E-state index in [1.807, 2.05) is 60.8 Å². The second kappa shape index (κ2) is 7.32. The van der Waals surface area contributed by atoms with Gasteiger partial charge in [0.15, 0.2) is 0 Å². The Morgan fingerprint density at radius 2 is 2.07 bits per heavy atom. The van der Waals surface area contributed by atoms with Crippen LogP contribution < -0.4 is 5.32 Å². The lowest BCUT2D eigenvalue weighted by atomic mass is 10.1. The number of aryl methyl sites for hydroxylation is 1. The van der Waals surface area contributed by atoms with Crippen molar-refractivity contribution in [1.82, 2.24) is 9.88 Å². The van der Waals surface area contributed by atoms with Crippen molar-refractivity contribution < 1.29 is 9.59 Å². The summed E-state index contributed by atoms with van der Waals surface area (Å²) in [6.07, 6.45) is 1.84. The number of hydrogen-bond acceptors (Lipinski definition) is 4. The highest BCUT2D eigenvalue weighted by molar-refractivity contribution is 7.10. The van der Waals surface area contributed by atoms with E-state index in [-0.39, 0.29) is 24.3 Å². The molecule has 0 saturated carbocycles. The molecule has 1 atom stereocenters. The molecule has 27 heavy (non-hydrogen) atoms. The SMILES string of the molecule is Cc1cccnc1NC(=O)C[C@H](c1cccs1)N1Cc2ccccc2C1=O. The third-order valence-electron chi connectivity index (χ3n) is 4.74. The van der Waals surface area contributed by atoms with Crippen molar-refractivity contribution in [2.75, 3.05) is 5.32 Å². The third-order valence-corrected chi connectivity index (χ3v) is 5.72. The van der Waals surface area contributed by atoms with Gasteiger partial charge in [-0.05, 0) is 41.6 Å². The van der Waals surface area contributed by atoms with Crippen LogP contribution in [0.3, 0.4) is 0 Å². The van der Waals surface area contributed by atoms with Crippen LogP contribution in [0.4, 0.5) is 5.82 Å². The Balaban J connectivity index is 1.57. The van der Waals surface area contributed by atoms with Crippen LogP contribution in [0.1, 0.15) is 38.8 Å². The molecule has 5 nitrogen and oxygen atoms in total. The highest BCUT2D eigenvalue weighted by Gasteiger charge is 2.34. The van der Waals surface area contributed by atoms with Crippen molar-refractivity contribution in [3.8, 4) is 0 Å². The number of carbonyl (C=O) groups is 2. The maximum atomic E-state index is 12.9. The average molecular weight is 377 g/mol. The first kappa shape index (κ1) is 17.4. The predicted octanol–water partition coefficient (Wildman–Crippen LogP) is 4.18. The molecule has 0 saturated heterocycles. The summed E-state index contributed by atoms with van der Waals surface area (Å²) in [4.78, 5) is 32.7. The molecule has 0 aliphatic carbocycles. The fourth-order valence-electron chi connectivity index (χ4n) is 3.35. The smallest absolute Gasteiger partial charge is 0.255 e. The van der Waals surface area contributed by atoms with E-state index >= 15 is 0 Å². The molecule has 0 spiro atoms. The molecule has 1 N–H and O–H groups in total. The number of nitrogens with zero attached hydrogens (tertiary/aromatic N) is 2. The molecule has 3 aromatic rings. The Morgan fingerprint density at radius 3 is 2.81 bits per heavy atom. The van der Waals surface area contributed by atoms with Gasteiger partial charge in [-0.1, -0.05) is 30.3 Å². The van der Waals surface area contributed by atoms with Crippen LogP contribution >= 0.6 is 11.3 Å². The first-order chi connectivity index (χ1) is 13.1. The minimum absolute atomic E-state index is 0.0224. The van der Waals surface area contributed by atoms with Gasteiger partial charge in [-0.2, -0.15) is 0 Å². The zero-order valence-electron chi connectivity index (χ0n) is 14.9. The van der Waals surface area contributed by atoms with E-state index in [0.29, 0.717) is 12.4 Å². The summed E-state index contributed by atoms with van der Waals surface area (Å²) in [7, 11) is 0. The number of thiophene rings is 1. The lowest BCUT2D eigenvalue weighted by Crippen LogP contribution is -2.32. The second-order valence-electron chi connectivity index (χ2n) is 6.54. The molecule has 6 heteroatoms. The predicted molar refractivity (Wildman–Crippen MR) is 106 cm³/mol. The number of nitrogens with one attached hydrogen (secondary N) is 1. The van der Waals surface area contributed by atoms with Crippen LogP contribution in [-0.2, 0) is 11.3 Å². The van der Waals surface area contributed by atoms with Crippen molar-refractivity contribution in [3.05, 3.63) is 81.7 Å². The van der Waals surface area contributed by atoms with E-state index in [1.54, 1.807) is 22.4 Å². The first-order valence-corrected chi connectivity index (χ1v) is 9.65. The molecule has 0 unspecified atom stereocenters. The van der Waals surface area contributed by atoms with E-state index in [9.17, 15) is 9.59 Å². The van der Waals surface area contributed by atoms with Crippen molar-refractivity contribution in [3.63, 3.8) is 0 Å². The number of carbonyl (C=O) groups excluding carboxylic acids is 2. The van der Waals surface area contributed by atoms with Crippen molar-refractivity contribution >= 4 is 29.0 Å². The van der Waals surface area contributed by atoms with Crippen LogP contribution in [0.15, 0.2) is 60.1 Å². The molecular formula is C21H19N3O2S. The second-order valence-corrected chi connectivity index (χ2v) is 7.52. The third kappa shape index (κ3) is 3.48. The van der Waals surface area contributed by atoms with Gasteiger partial charge in [0.05, 0.1) is 12.5 Å². The number of aromatic nitrogens is 1. The lowest BCUT2D eigenvalue weighted by molar-refractivity contribution is -0.117. The molecule has 0 radical (unpaired) electrons. The van der Waals surface area contributed by atoms with Crippen molar-refractivity contribution in [2.45, 2.75) is 25.9 Å². The van der Waals surface area contributed by atoms with Crippen LogP contribution in [0.25, 0.3) is 0 Å². The van der Waals surface area contributed by atoms with E-state index in [2.05, 4.69) is 10.3 Å². The molecule has 1 aromatic carbocycles. The minimum atomic E-state index is -0.297. The summed E-state index contributed by atoms with van der Waals surface area (Å²) >= 11 is 1.56. The standard InChI is InChI=1S/C21H19N3O2S/c1-14-6-4-10-22-20(14)23-19(25)12-17(18-9-5-11-27-18)24-13-15-7-2-3-8-16(15)21(24)26/h2-11,17H,12-13H2,1H3,(H,22,23,25)/t17-/m1/s1. The fourth-order valence-corrected chi connectivity index (χ4v) is 4.19. The number of rotatable bonds is 5. The summed E-state index contributed by atoms with van der Waals surface area (Å²) < 4.78 is 0.